The van der Waals surface area contributed by atoms with Crippen LogP contribution < -0.4 is 0 Å². The molecule has 0 saturated carbocycles. The van der Waals surface area contributed by atoms with Crippen LogP contribution in [0.1, 0.15) is 98.8 Å². The van der Waals surface area contributed by atoms with Gasteiger partial charge < -0.3 is 4.74 Å². The van der Waals surface area contributed by atoms with Crippen molar-refractivity contribution in [2.24, 2.45) is 0 Å². The highest BCUT2D eigenvalue weighted by molar-refractivity contribution is 5.69. The zero-order valence-electron chi connectivity index (χ0n) is 17.3. The first-order chi connectivity index (χ1) is 12.0. The largest absolute Gasteiger partial charge is 0.461 e. The van der Waals surface area contributed by atoms with Crippen molar-refractivity contribution < 1.29 is 9.53 Å². The number of rotatable bonds is 14. The molecule has 0 aromatic rings. The summed E-state index contributed by atoms with van der Waals surface area (Å²) >= 11 is 0. The number of ether oxygens (including phenoxy) is 1. The molecule has 0 amide bonds. The molecule has 0 fully saturated rings. The molecule has 0 radical (unpaired) electrons. The van der Waals surface area contributed by atoms with Gasteiger partial charge in [0, 0.05) is 6.42 Å². The van der Waals surface area contributed by atoms with Gasteiger partial charge in [-0.1, -0.05) is 61.5 Å². The minimum atomic E-state index is -0.0597. The van der Waals surface area contributed by atoms with Gasteiger partial charge in [-0.2, -0.15) is 0 Å². The second-order valence-corrected chi connectivity index (χ2v) is 7.31. The zero-order chi connectivity index (χ0) is 18.9. The Labute approximate surface area is 156 Å². The summed E-state index contributed by atoms with van der Waals surface area (Å²) < 4.78 is 5.28. The van der Waals surface area contributed by atoms with Gasteiger partial charge in [-0.3, -0.25) is 4.79 Å². The van der Waals surface area contributed by atoms with Crippen LogP contribution in [0.3, 0.4) is 0 Å². The van der Waals surface area contributed by atoms with E-state index in [2.05, 4.69) is 46.8 Å². The number of carbonyl (C=O) groups is 1. The predicted octanol–water partition coefficient (Wildman–Crippen LogP) is 7.31. The highest BCUT2D eigenvalue weighted by Gasteiger charge is 2.01. The van der Waals surface area contributed by atoms with E-state index < -0.39 is 0 Å². The lowest BCUT2D eigenvalue weighted by atomic mass is 10.1. The third-order valence-electron chi connectivity index (χ3n) is 4.28. The molecule has 0 aliphatic rings. The van der Waals surface area contributed by atoms with E-state index in [0.29, 0.717) is 13.0 Å². The maximum atomic E-state index is 11.6. The monoisotopic (exact) mass is 348 g/mol. The summed E-state index contributed by atoms with van der Waals surface area (Å²) in [4.78, 5) is 11.6. The summed E-state index contributed by atoms with van der Waals surface area (Å²) in [5.41, 5.74) is 4.14. The predicted molar refractivity (Wildman–Crippen MR) is 110 cm³/mol. The van der Waals surface area contributed by atoms with Crippen molar-refractivity contribution in [3.8, 4) is 0 Å². The molecule has 0 aliphatic carbocycles. The lowest BCUT2D eigenvalue weighted by molar-refractivity contribution is -0.142. The third kappa shape index (κ3) is 17.3. The minimum absolute atomic E-state index is 0.0597. The summed E-state index contributed by atoms with van der Waals surface area (Å²) in [6.07, 6.45) is 17.4. The normalized spacial score (nSPS) is 12.2. The van der Waals surface area contributed by atoms with Crippen molar-refractivity contribution in [2.45, 2.75) is 98.8 Å². The SMILES string of the molecule is CCCCCCCC(=O)OC/C=C(\C)CC/C=C(\C)CCC=C(C)C. The van der Waals surface area contributed by atoms with E-state index in [0.717, 1.165) is 38.5 Å². The van der Waals surface area contributed by atoms with E-state index in [1.807, 2.05) is 6.08 Å². The van der Waals surface area contributed by atoms with Crippen LogP contribution in [-0.2, 0) is 9.53 Å². The van der Waals surface area contributed by atoms with Gasteiger partial charge >= 0.3 is 5.97 Å². The molecular weight excluding hydrogens is 308 g/mol. The Morgan fingerprint density at radius 1 is 0.760 bits per heavy atom. The van der Waals surface area contributed by atoms with Crippen LogP contribution in [-0.4, -0.2) is 12.6 Å². The Balaban J connectivity index is 3.80. The Kier molecular flexibility index (Phi) is 15.3. The van der Waals surface area contributed by atoms with E-state index in [9.17, 15) is 4.79 Å². The Hall–Kier alpha value is -1.31. The number of carbonyl (C=O) groups excluding carboxylic acids is 1. The highest BCUT2D eigenvalue weighted by atomic mass is 16.5. The van der Waals surface area contributed by atoms with E-state index in [1.54, 1.807) is 0 Å². The van der Waals surface area contributed by atoms with Crippen molar-refractivity contribution in [2.75, 3.05) is 6.61 Å². The molecule has 2 heteroatoms. The van der Waals surface area contributed by atoms with Gasteiger partial charge in [0.05, 0.1) is 0 Å². The Morgan fingerprint density at radius 2 is 1.36 bits per heavy atom. The van der Waals surface area contributed by atoms with Gasteiger partial charge in [0.25, 0.3) is 0 Å². The number of unbranched alkanes of at least 4 members (excludes halogenated alkanes) is 4. The van der Waals surface area contributed by atoms with Crippen LogP contribution in [0.2, 0.25) is 0 Å². The topological polar surface area (TPSA) is 26.3 Å². The molecule has 2 nitrogen and oxygen atoms in total. The quantitative estimate of drug-likeness (QED) is 0.187. The first-order valence-corrected chi connectivity index (χ1v) is 10.1. The molecule has 0 N–H and O–H groups in total. The molecule has 25 heavy (non-hydrogen) atoms. The molecule has 144 valence electrons. The molecule has 0 spiro atoms. The van der Waals surface area contributed by atoms with E-state index in [4.69, 9.17) is 4.74 Å². The zero-order valence-corrected chi connectivity index (χ0v) is 17.3. The van der Waals surface area contributed by atoms with Crippen LogP contribution in [0.4, 0.5) is 0 Å². The second kappa shape index (κ2) is 16.2. The smallest absolute Gasteiger partial charge is 0.306 e. The molecule has 0 bridgehead atoms. The van der Waals surface area contributed by atoms with Crippen molar-refractivity contribution in [1.29, 1.82) is 0 Å². The maximum Gasteiger partial charge on any atom is 0.306 e. The van der Waals surface area contributed by atoms with Crippen molar-refractivity contribution >= 4 is 5.97 Å². The van der Waals surface area contributed by atoms with Gasteiger partial charge in [0.15, 0.2) is 0 Å². The fourth-order valence-corrected chi connectivity index (χ4v) is 2.56. The molecule has 0 unspecified atom stereocenters. The maximum absolute atomic E-state index is 11.6. The van der Waals surface area contributed by atoms with E-state index >= 15 is 0 Å². The minimum Gasteiger partial charge on any atom is -0.461 e. The summed E-state index contributed by atoms with van der Waals surface area (Å²) in [7, 11) is 0. The second-order valence-electron chi connectivity index (χ2n) is 7.31. The summed E-state index contributed by atoms with van der Waals surface area (Å²) in [6.45, 7) is 11.2. The van der Waals surface area contributed by atoms with Crippen LogP contribution in [0.5, 0.6) is 0 Å². The summed E-state index contributed by atoms with van der Waals surface area (Å²) in [5, 5.41) is 0. The van der Waals surface area contributed by atoms with Gasteiger partial charge in [-0.05, 0) is 65.9 Å². The highest BCUT2D eigenvalue weighted by Crippen LogP contribution is 2.11. The summed E-state index contributed by atoms with van der Waals surface area (Å²) in [6, 6.07) is 0. The molecule has 0 atom stereocenters. The van der Waals surface area contributed by atoms with Crippen molar-refractivity contribution in [1.82, 2.24) is 0 Å². The average Bonchev–Trinajstić information content (AvgIpc) is 2.54. The molecule has 0 heterocycles. The molecule has 0 saturated heterocycles. The Bertz CT molecular complexity index is 437. The summed E-state index contributed by atoms with van der Waals surface area (Å²) in [5.74, 6) is -0.0597. The van der Waals surface area contributed by atoms with Gasteiger partial charge in [-0.15, -0.1) is 0 Å². The molecule has 0 rings (SSSR count). The van der Waals surface area contributed by atoms with E-state index in [-0.39, 0.29) is 5.97 Å². The van der Waals surface area contributed by atoms with E-state index in [1.165, 1.54) is 36.0 Å². The van der Waals surface area contributed by atoms with Crippen LogP contribution in [0.25, 0.3) is 0 Å². The molecular formula is C23H40O2. The lowest BCUT2D eigenvalue weighted by Gasteiger charge is -2.04. The fraction of sp³-hybridized carbons (Fsp3) is 0.696. The first-order valence-electron chi connectivity index (χ1n) is 10.1. The fourth-order valence-electron chi connectivity index (χ4n) is 2.56. The van der Waals surface area contributed by atoms with Crippen LogP contribution in [0, 0.1) is 0 Å². The lowest BCUT2D eigenvalue weighted by Crippen LogP contribution is -2.04. The van der Waals surface area contributed by atoms with Gasteiger partial charge in [0.2, 0.25) is 0 Å². The van der Waals surface area contributed by atoms with Crippen LogP contribution in [0.15, 0.2) is 34.9 Å². The number of hydrogen-bond donors (Lipinski definition) is 0. The molecule has 0 aromatic carbocycles. The van der Waals surface area contributed by atoms with Crippen molar-refractivity contribution in [3.63, 3.8) is 0 Å². The Morgan fingerprint density at radius 3 is 2.00 bits per heavy atom. The molecule has 0 aliphatic heterocycles. The van der Waals surface area contributed by atoms with Gasteiger partial charge in [0.1, 0.15) is 6.61 Å². The standard InChI is InChI=1S/C23H40O2/c1-6-7-8-9-10-17-23(24)25-19-18-22(5)16-12-15-21(4)14-11-13-20(2)3/h13,15,18H,6-12,14,16-17,19H2,1-5H3/b21-15+,22-18+. The van der Waals surface area contributed by atoms with Crippen molar-refractivity contribution in [3.05, 3.63) is 34.9 Å². The number of esters is 1. The average molecular weight is 349 g/mol. The van der Waals surface area contributed by atoms with Gasteiger partial charge in [-0.25, -0.2) is 0 Å². The first kappa shape index (κ1) is 23.7. The third-order valence-corrected chi connectivity index (χ3v) is 4.28. The number of hydrogen-bond acceptors (Lipinski definition) is 2. The number of allylic oxidation sites excluding steroid dienone is 5. The van der Waals surface area contributed by atoms with Crippen LogP contribution >= 0.6 is 0 Å². The molecule has 0 aromatic heterocycles.